The van der Waals surface area contributed by atoms with Crippen molar-refractivity contribution in [3.8, 4) is 0 Å². The molecule has 0 radical (unpaired) electrons. The summed E-state index contributed by atoms with van der Waals surface area (Å²) in [6.07, 6.45) is 6.10. The zero-order valence-electron chi connectivity index (χ0n) is 19.7. The lowest BCUT2D eigenvalue weighted by Crippen LogP contribution is -2.50. The molecule has 1 amide bonds. The molecule has 0 bridgehead atoms. The second-order valence-corrected chi connectivity index (χ2v) is 9.59. The van der Waals surface area contributed by atoms with Crippen LogP contribution in [0.5, 0.6) is 0 Å². The number of aromatic nitrogens is 2. The Morgan fingerprint density at radius 2 is 1.88 bits per heavy atom. The highest BCUT2D eigenvalue weighted by atomic mass is 16.2. The molecule has 2 aromatic rings. The van der Waals surface area contributed by atoms with Gasteiger partial charge in [-0.1, -0.05) is 30.3 Å². The number of anilines is 1. The van der Waals surface area contributed by atoms with Gasteiger partial charge >= 0.3 is 0 Å². The van der Waals surface area contributed by atoms with Crippen molar-refractivity contribution in [1.29, 1.82) is 0 Å². The van der Waals surface area contributed by atoms with Crippen molar-refractivity contribution < 1.29 is 4.79 Å². The third-order valence-corrected chi connectivity index (χ3v) is 7.47. The molecule has 1 aromatic heterocycles. The summed E-state index contributed by atoms with van der Waals surface area (Å²) in [7, 11) is 1.93. The Kier molecular flexibility index (Phi) is 6.88. The van der Waals surface area contributed by atoms with E-state index in [9.17, 15) is 4.79 Å². The van der Waals surface area contributed by atoms with Crippen LogP contribution < -0.4 is 10.6 Å². The first-order valence-electron chi connectivity index (χ1n) is 12.6. The van der Waals surface area contributed by atoms with Crippen LogP contribution in [0.3, 0.4) is 0 Å². The molecule has 176 valence electrons. The minimum absolute atomic E-state index is 0.0931. The van der Waals surface area contributed by atoms with E-state index in [0.29, 0.717) is 12.5 Å². The predicted molar refractivity (Wildman–Crippen MR) is 130 cm³/mol. The molecule has 3 aliphatic rings. The van der Waals surface area contributed by atoms with E-state index in [2.05, 4.69) is 39.8 Å². The molecule has 1 aromatic carbocycles. The first-order valence-corrected chi connectivity index (χ1v) is 12.6. The van der Waals surface area contributed by atoms with Crippen molar-refractivity contribution in [2.45, 2.75) is 57.0 Å². The van der Waals surface area contributed by atoms with Gasteiger partial charge in [0.05, 0.1) is 18.3 Å². The largest absolute Gasteiger partial charge is 0.373 e. The van der Waals surface area contributed by atoms with E-state index in [-0.39, 0.29) is 11.9 Å². The Labute approximate surface area is 197 Å². The van der Waals surface area contributed by atoms with Gasteiger partial charge < -0.3 is 15.5 Å². The summed E-state index contributed by atoms with van der Waals surface area (Å²) >= 11 is 0. The Balaban J connectivity index is 1.36. The molecule has 5 rings (SSSR count). The molecule has 0 spiro atoms. The number of likely N-dealkylation sites (tertiary alicyclic amines) is 1. The van der Waals surface area contributed by atoms with Crippen molar-refractivity contribution in [1.82, 2.24) is 25.1 Å². The van der Waals surface area contributed by atoms with Crippen molar-refractivity contribution in [2.75, 3.05) is 45.1 Å². The van der Waals surface area contributed by atoms with Crippen molar-refractivity contribution in [2.24, 2.45) is 0 Å². The molecule has 0 saturated carbocycles. The van der Waals surface area contributed by atoms with Crippen LogP contribution in [0, 0.1) is 0 Å². The molecular weight excluding hydrogens is 412 g/mol. The summed E-state index contributed by atoms with van der Waals surface area (Å²) in [5.74, 6) is 2.54. The van der Waals surface area contributed by atoms with Crippen LogP contribution in [0.1, 0.15) is 54.2 Å². The molecule has 33 heavy (non-hydrogen) atoms. The number of benzene rings is 1. The topological polar surface area (TPSA) is 73.4 Å². The summed E-state index contributed by atoms with van der Waals surface area (Å²) in [5, 5.41) is 6.73. The Morgan fingerprint density at radius 3 is 2.61 bits per heavy atom. The lowest BCUT2D eigenvalue weighted by molar-refractivity contribution is -0.137. The second kappa shape index (κ2) is 10.2. The predicted octanol–water partition coefficient (Wildman–Crippen LogP) is 2.58. The number of hydrogen-bond acceptors (Lipinski definition) is 6. The lowest BCUT2D eigenvalue weighted by atomic mass is 9.96. The van der Waals surface area contributed by atoms with Gasteiger partial charge in [0.1, 0.15) is 11.6 Å². The fourth-order valence-corrected chi connectivity index (χ4v) is 5.56. The van der Waals surface area contributed by atoms with E-state index in [1.54, 1.807) is 0 Å². The van der Waals surface area contributed by atoms with E-state index in [1.165, 1.54) is 18.4 Å². The number of fused-ring (bicyclic) bond motifs is 1. The van der Waals surface area contributed by atoms with Gasteiger partial charge in [0.25, 0.3) is 0 Å². The van der Waals surface area contributed by atoms with Crippen LogP contribution in [0.4, 0.5) is 5.82 Å². The monoisotopic (exact) mass is 448 g/mol. The minimum Gasteiger partial charge on any atom is -0.373 e. The quantitative estimate of drug-likeness (QED) is 0.708. The number of hydrogen-bond donors (Lipinski definition) is 2. The number of nitrogens with zero attached hydrogens (tertiary/aromatic N) is 4. The van der Waals surface area contributed by atoms with Crippen LogP contribution in [0.15, 0.2) is 30.3 Å². The molecular formula is C26H36N6O. The van der Waals surface area contributed by atoms with Gasteiger partial charge in [-0.3, -0.25) is 9.69 Å². The van der Waals surface area contributed by atoms with E-state index < -0.39 is 0 Å². The summed E-state index contributed by atoms with van der Waals surface area (Å²) < 4.78 is 0. The normalized spacial score (nSPS) is 20.5. The van der Waals surface area contributed by atoms with E-state index in [1.807, 2.05) is 18.0 Å². The van der Waals surface area contributed by atoms with Gasteiger partial charge in [0, 0.05) is 31.5 Å². The first kappa shape index (κ1) is 22.3. The lowest BCUT2D eigenvalue weighted by Gasteiger charge is -2.35. The van der Waals surface area contributed by atoms with Crippen molar-refractivity contribution in [3.05, 3.63) is 53.0 Å². The SMILES string of the molecule is CNc1nc(C2CCNCC2)nc2c1CN(C(=O)[C@H](Cc1ccccc1)N1CCCC1)CC2. The maximum absolute atomic E-state index is 13.8. The molecule has 4 heterocycles. The standard InChI is InChI=1S/C26H36N6O/c1-27-25-21-18-32(16-11-22(21)29-24(30-25)20-9-12-28-13-10-20)26(33)23(31-14-5-6-15-31)17-19-7-3-2-4-8-19/h2-4,7-8,20,23,28H,5-6,9-18H2,1H3,(H,27,29,30)/t23-/m0/s1. The molecule has 7 heteroatoms. The average Bonchev–Trinajstić information content (AvgIpc) is 3.42. The van der Waals surface area contributed by atoms with Crippen molar-refractivity contribution in [3.63, 3.8) is 0 Å². The summed E-state index contributed by atoms with van der Waals surface area (Å²) in [5.41, 5.74) is 3.44. The van der Waals surface area contributed by atoms with Gasteiger partial charge in [-0.05, 0) is 63.8 Å². The van der Waals surface area contributed by atoms with E-state index in [4.69, 9.17) is 9.97 Å². The van der Waals surface area contributed by atoms with Gasteiger partial charge in [0.2, 0.25) is 5.91 Å². The highest BCUT2D eigenvalue weighted by molar-refractivity contribution is 5.82. The first-order chi connectivity index (χ1) is 16.2. The highest BCUT2D eigenvalue weighted by Gasteiger charge is 2.34. The molecule has 2 saturated heterocycles. The van der Waals surface area contributed by atoms with Crippen molar-refractivity contribution >= 4 is 11.7 Å². The third-order valence-electron chi connectivity index (χ3n) is 7.47. The number of nitrogens with one attached hydrogen (secondary N) is 2. The molecule has 3 aliphatic heterocycles. The summed E-state index contributed by atoms with van der Waals surface area (Å²) in [4.78, 5) is 28.2. The minimum atomic E-state index is -0.0931. The molecule has 2 fully saturated rings. The van der Waals surface area contributed by atoms with Crippen LogP contribution >= 0.6 is 0 Å². The molecule has 0 aliphatic carbocycles. The molecule has 2 N–H and O–H groups in total. The fourth-order valence-electron chi connectivity index (χ4n) is 5.56. The van der Waals surface area contributed by atoms with Crippen LogP contribution in [-0.4, -0.2) is 71.5 Å². The number of carbonyl (C=O) groups is 1. The highest BCUT2D eigenvalue weighted by Crippen LogP contribution is 2.30. The number of piperidine rings is 1. The van der Waals surface area contributed by atoms with Gasteiger partial charge in [-0.15, -0.1) is 0 Å². The number of amides is 1. The average molecular weight is 449 g/mol. The summed E-state index contributed by atoms with van der Waals surface area (Å²) in [6.45, 7) is 5.41. The van der Waals surface area contributed by atoms with Crippen LogP contribution in [0.25, 0.3) is 0 Å². The zero-order chi connectivity index (χ0) is 22.6. The summed E-state index contributed by atoms with van der Waals surface area (Å²) in [6, 6.07) is 10.3. The van der Waals surface area contributed by atoms with Gasteiger partial charge in [-0.25, -0.2) is 9.97 Å². The van der Waals surface area contributed by atoms with Gasteiger partial charge in [0.15, 0.2) is 0 Å². The zero-order valence-corrected chi connectivity index (χ0v) is 19.7. The number of carbonyl (C=O) groups excluding carboxylic acids is 1. The maximum atomic E-state index is 13.8. The van der Waals surface area contributed by atoms with E-state index >= 15 is 0 Å². The fraction of sp³-hybridized carbons (Fsp3) is 0.577. The Morgan fingerprint density at radius 1 is 1.12 bits per heavy atom. The third kappa shape index (κ3) is 4.89. The van der Waals surface area contributed by atoms with Gasteiger partial charge in [-0.2, -0.15) is 0 Å². The Bertz CT molecular complexity index is 936. The molecule has 0 unspecified atom stereocenters. The van der Waals surface area contributed by atoms with Crippen LogP contribution in [-0.2, 0) is 24.2 Å². The Hall–Kier alpha value is -2.51. The van der Waals surface area contributed by atoms with E-state index in [0.717, 1.165) is 81.3 Å². The maximum Gasteiger partial charge on any atom is 0.240 e. The molecule has 7 nitrogen and oxygen atoms in total. The van der Waals surface area contributed by atoms with Crippen LogP contribution in [0.2, 0.25) is 0 Å². The molecule has 1 atom stereocenters. The smallest absolute Gasteiger partial charge is 0.240 e. The number of rotatable bonds is 6. The second-order valence-electron chi connectivity index (χ2n) is 9.59.